The van der Waals surface area contributed by atoms with Crippen molar-refractivity contribution in [3.05, 3.63) is 119 Å². The third-order valence-electron chi connectivity index (χ3n) is 7.31. The zero-order valence-corrected chi connectivity index (χ0v) is 19.9. The molecule has 2 aliphatic carbocycles. The van der Waals surface area contributed by atoms with Crippen molar-refractivity contribution in [3.8, 4) is 39.7 Å². The minimum atomic E-state index is 0.553. The molecule has 4 heteroatoms. The summed E-state index contributed by atoms with van der Waals surface area (Å²) in [5.74, 6) is 0.855. The largest absolute Gasteiger partial charge is 0.489 e. The molecule has 0 saturated carbocycles. The highest BCUT2D eigenvalue weighted by atomic mass is 16.5. The summed E-state index contributed by atoms with van der Waals surface area (Å²) in [6.45, 7) is 0.553. The lowest BCUT2D eigenvalue weighted by Gasteiger charge is -2.28. The van der Waals surface area contributed by atoms with Gasteiger partial charge in [0.15, 0.2) is 0 Å². The van der Waals surface area contributed by atoms with E-state index in [0.29, 0.717) is 6.61 Å². The number of ether oxygens (including phenoxy) is 1. The Morgan fingerprint density at radius 2 is 1.25 bits per heavy atom. The van der Waals surface area contributed by atoms with Gasteiger partial charge >= 0.3 is 0 Å². The van der Waals surface area contributed by atoms with Crippen LogP contribution in [0.3, 0.4) is 0 Å². The maximum atomic E-state index is 6.04. The summed E-state index contributed by atoms with van der Waals surface area (Å²) in [6.07, 6.45) is 7.68. The van der Waals surface area contributed by atoms with Gasteiger partial charge in [0.2, 0.25) is 0 Å². The molecule has 2 aliphatic rings. The third-order valence-corrected chi connectivity index (χ3v) is 7.31. The van der Waals surface area contributed by atoms with Gasteiger partial charge in [-0.3, -0.25) is 9.97 Å². The van der Waals surface area contributed by atoms with Gasteiger partial charge in [0.25, 0.3) is 0 Å². The molecule has 5 aromatic rings. The van der Waals surface area contributed by atoms with Gasteiger partial charge in [-0.2, -0.15) is 0 Å². The molecule has 0 spiro atoms. The monoisotopic (exact) mass is 467 g/mol. The highest BCUT2D eigenvalue weighted by molar-refractivity contribution is 5.86. The maximum absolute atomic E-state index is 6.04. The molecule has 4 nitrogen and oxygen atoms in total. The van der Waals surface area contributed by atoms with Crippen LogP contribution in [0.4, 0.5) is 0 Å². The molecule has 0 saturated heterocycles. The van der Waals surface area contributed by atoms with Gasteiger partial charge in [-0.1, -0.05) is 42.5 Å². The van der Waals surface area contributed by atoms with E-state index in [1.807, 2.05) is 54.9 Å². The molecule has 0 unspecified atom stereocenters. The Morgan fingerprint density at radius 1 is 0.583 bits per heavy atom. The highest BCUT2D eigenvalue weighted by Crippen LogP contribution is 2.45. The van der Waals surface area contributed by atoms with E-state index in [0.717, 1.165) is 65.3 Å². The maximum Gasteiger partial charge on any atom is 0.119 e. The van der Waals surface area contributed by atoms with Crippen LogP contribution in [-0.2, 0) is 32.3 Å². The van der Waals surface area contributed by atoms with E-state index in [-0.39, 0.29) is 0 Å². The van der Waals surface area contributed by atoms with Crippen molar-refractivity contribution in [3.63, 3.8) is 0 Å². The van der Waals surface area contributed by atoms with E-state index in [4.69, 9.17) is 19.7 Å². The summed E-state index contributed by atoms with van der Waals surface area (Å²) in [5, 5.41) is 0. The first-order chi connectivity index (χ1) is 17.8. The van der Waals surface area contributed by atoms with E-state index in [2.05, 4.69) is 36.4 Å². The van der Waals surface area contributed by atoms with Crippen LogP contribution in [0.2, 0.25) is 0 Å². The molecule has 0 bridgehead atoms. The molecular weight excluding hydrogens is 442 g/mol. The predicted octanol–water partition coefficient (Wildman–Crippen LogP) is 6.65. The lowest BCUT2D eigenvalue weighted by molar-refractivity contribution is 0.306. The molecule has 3 heterocycles. The van der Waals surface area contributed by atoms with Crippen LogP contribution in [-0.4, -0.2) is 15.0 Å². The van der Waals surface area contributed by atoms with Gasteiger partial charge in [0.1, 0.15) is 12.4 Å². The van der Waals surface area contributed by atoms with Crippen molar-refractivity contribution >= 4 is 0 Å². The molecule has 0 N–H and O–H groups in total. The average molecular weight is 468 g/mol. The number of fused-ring (bicyclic) bond motifs is 7. The van der Waals surface area contributed by atoms with Crippen molar-refractivity contribution in [1.82, 2.24) is 15.0 Å². The second-order valence-electron chi connectivity index (χ2n) is 9.46. The Morgan fingerprint density at radius 3 is 2.00 bits per heavy atom. The molecule has 174 valence electrons. The van der Waals surface area contributed by atoms with Crippen LogP contribution < -0.4 is 4.74 Å². The summed E-state index contributed by atoms with van der Waals surface area (Å²) in [6, 6.07) is 27.1. The molecule has 3 aromatic heterocycles. The SMILES string of the molecule is c1ccc(COc2ccc(-c3nc4c(c5c3CCc3cccnc3-5)CCc3cccnc3-4)cc2)cc1. The first kappa shape index (κ1) is 21.0. The summed E-state index contributed by atoms with van der Waals surface area (Å²) in [7, 11) is 0. The smallest absolute Gasteiger partial charge is 0.119 e. The quantitative estimate of drug-likeness (QED) is 0.297. The topological polar surface area (TPSA) is 47.9 Å². The van der Waals surface area contributed by atoms with Gasteiger partial charge in [-0.05, 0) is 89.9 Å². The lowest BCUT2D eigenvalue weighted by atomic mass is 9.79. The summed E-state index contributed by atoms with van der Waals surface area (Å²) in [4.78, 5) is 14.9. The van der Waals surface area contributed by atoms with Gasteiger partial charge < -0.3 is 4.74 Å². The van der Waals surface area contributed by atoms with Crippen molar-refractivity contribution < 1.29 is 4.74 Å². The first-order valence-corrected chi connectivity index (χ1v) is 12.6. The zero-order valence-electron chi connectivity index (χ0n) is 19.9. The number of nitrogens with zero attached hydrogens (tertiary/aromatic N) is 3. The van der Waals surface area contributed by atoms with Gasteiger partial charge in [0, 0.05) is 23.5 Å². The number of hydrogen-bond donors (Lipinski definition) is 0. The Labute approximate surface area is 210 Å². The molecule has 0 amide bonds. The second-order valence-corrected chi connectivity index (χ2v) is 9.46. The van der Waals surface area contributed by atoms with E-state index < -0.39 is 0 Å². The van der Waals surface area contributed by atoms with Crippen LogP contribution in [0.5, 0.6) is 5.75 Å². The Balaban J connectivity index is 1.34. The Bertz CT molecular complexity index is 1580. The average Bonchev–Trinajstić information content (AvgIpc) is 2.96. The van der Waals surface area contributed by atoms with Crippen LogP contribution in [0.1, 0.15) is 27.8 Å². The van der Waals surface area contributed by atoms with Crippen molar-refractivity contribution in [2.24, 2.45) is 0 Å². The Kier molecular flexibility index (Phi) is 5.09. The fourth-order valence-corrected chi connectivity index (χ4v) is 5.56. The van der Waals surface area contributed by atoms with Gasteiger partial charge in [0.05, 0.1) is 22.8 Å². The minimum absolute atomic E-state index is 0.553. The van der Waals surface area contributed by atoms with Gasteiger partial charge in [-0.15, -0.1) is 0 Å². The molecule has 2 aromatic carbocycles. The number of hydrogen-bond acceptors (Lipinski definition) is 4. The van der Waals surface area contributed by atoms with Crippen LogP contribution in [0.25, 0.3) is 33.9 Å². The van der Waals surface area contributed by atoms with Crippen LogP contribution in [0.15, 0.2) is 91.3 Å². The molecule has 0 radical (unpaired) electrons. The van der Waals surface area contributed by atoms with Crippen LogP contribution in [0, 0.1) is 0 Å². The number of aromatic nitrogens is 3. The van der Waals surface area contributed by atoms with E-state index >= 15 is 0 Å². The van der Waals surface area contributed by atoms with Crippen molar-refractivity contribution in [1.29, 1.82) is 0 Å². The molecule has 7 rings (SSSR count). The second kappa shape index (κ2) is 8.72. The fraction of sp³-hybridized carbons (Fsp3) is 0.156. The minimum Gasteiger partial charge on any atom is -0.489 e. The van der Waals surface area contributed by atoms with E-state index in [1.165, 1.54) is 27.8 Å². The van der Waals surface area contributed by atoms with Crippen LogP contribution >= 0.6 is 0 Å². The number of pyridine rings is 3. The number of benzene rings is 2. The molecule has 36 heavy (non-hydrogen) atoms. The third kappa shape index (κ3) is 3.57. The lowest BCUT2D eigenvalue weighted by Crippen LogP contribution is -2.16. The highest BCUT2D eigenvalue weighted by Gasteiger charge is 2.30. The standard InChI is InChI=1S/C32H25N3O/c1-2-6-21(7-3-1)20-36-25-14-10-24(11-15-25)29-26-16-12-22-8-4-18-33-30(22)28(26)27-17-13-23-9-5-19-34-31(23)32(27)35-29/h1-11,14-15,18-19H,12-13,16-17,20H2. The number of aryl methyl sites for hydroxylation is 2. The van der Waals surface area contributed by atoms with E-state index in [1.54, 1.807) is 0 Å². The van der Waals surface area contributed by atoms with E-state index in [9.17, 15) is 0 Å². The number of rotatable bonds is 4. The fourth-order valence-electron chi connectivity index (χ4n) is 5.56. The molecule has 0 atom stereocenters. The molecular formula is C32H25N3O. The van der Waals surface area contributed by atoms with Crippen molar-refractivity contribution in [2.75, 3.05) is 0 Å². The zero-order chi connectivity index (χ0) is 23.9. The predicted molar refractivity (Wildman–Crippen MR) is 142 cm³/mol. The summed E-state index contributed by atoms with van der Waals surface area (Å²) >= 11 is 0. The summed E-state index contributed by atoms with van der Waals surface area (Å²) in [5.41, 5.74) is 12.9. The summed E-state index contributed by atoms with van der Waals surface area (Å²) < 4.78 is 6.04. The molecule has 0 aliphatic heterocycles. The van der Waals surface area contributed by atoms with Gasteiger partial charge in [-0.25, -0.2) is 4.98 Å². The first-order valence-electron chi connectivity index (χ1n) is 12.6. The normalized spacial score (nSPS) is 13.2. The molecule has 0 fully saturated rings. The Hall–Kier alpha value is -4.31. The van der Waals surface area contributed by atoms with Crippen molar-refractivity contribution in [2.45, 2.75) is 32.3 Å².